The van der Waals surface area contributed by atoms with E-state index in [-0.39, 0.29) is 5.91 Å². The maximum absolute atomic E-state index is 11.7. The third kappa shape index (κ3) is 4.80. The number of morpholine rings is 1. The molecular weight excluding hydrogens is 454 g/mol. The number of rotatable bonds is 7. The van der Waals surface area contributed by atoms with Crippen LogP contribution >= 0.6 is 0 Å². The summed E-state index contributed by atoms with van der Waals surface area (Å²) in [5.41, 5.74) is 10.3. The molecule has 5 N–H and O–H groups in total. The van der Waals surface area contributed by atoms with E-state index in [4.69, 9.17) is 15.5 Å². The molecule has 1 amide bonds. The molecule has 0 aliphatic carbocycles. The van der Waals surface area contributed by atoms with Gasteiger partial charge in [-0.3, -0.25) is 9.78 Å². The number of hydrogen-bond acceptors (Lipinski definition) is 8. The van der Waals surface area contributed by atoms with Crippen LogP contribution in [0.5, 0.6) is 0 Å². The largest absolute Gasteiger partial charge is 0.365 e. The Balaban J connectivity index is 1.42. The average Bonchev–Trinajstić information content (AvgIpc) is 2.93. The lowest BCUT2D eigenvalue weighted by molar-refractivity contribution is -0.111. The zero-order valence-electron chi connectivity index (χ0n) is 19.7. The van der Waals surface area contributed by atoms with Crippen LogP contribution in [0.1, 0.15) is 5.69 Å². The monoisotopic (exact) mass is 481 g/mol. The number of aromatic nitrogens is 3. The Morgan fingerprint density at radius 3 is 2.78 bits per heavy atom. The molecule has 5 rings (SSSR count). The van der Waals surface area contributed by atoms with Gasteiger partial charge in [-0.2, -0.15) is 0 Å². The van der Waals surface area contributed by atoms with Gasteiger partial charge in [-0.1, -0.05) is 36.9 Å². The molecule has 9 nitrogen and oxygen atoms in total. The predicted octanol–water partition coefficient (Wildman–Crippen LogP) is 3.33. The van der Waals surface area contributed by atoms with Crippen molar-refractivity contribution in [2.24, 2.45) is 5.73 Å². The highest BCUT2D eigenvalue weighted by Crippen LogP contribution is 2.30. The van der Waals surface area contributed by atoms with E-state index < -0.39 is 5.60 Å². The lowest BCUT2D eigenvalue weighted by Gasteiger charge is -2.36. The van der Waals surface area contributed by atoms with E-state index in [0.29, 0.717) is 31.3 Å². The Morgan fingerprint density at radius 2 is 2.03 bits per heavy atom. The average molecular weight is 482 g/mol. The van der Waals surface area contributed by atoms with Crippen LogP contribution in [0.2, 0.25) is 0 Å². The number of para-hydroxylation sites is 1. The van der Waals surface area contributed by atoms with Gasteiger partial charge in [-0.05, 0) is 35.9 Å². The molecule has 0 spiro atoms. The first-order valence-electron chi connectivity index (χ1n) is 11.7. The maximum atomic E-state index is 11.7. The molecule has 182 valence electrons. The lowest BCUT2D eigenvalue weighted by Crippen LogP contribution is -2.52. The molecular formula is C27H27N7O2. The fourth-order valence-corrected chi connectivity index (χ4v) is 4.23. The number of pyridine rings is 1. The summed E-state index contributed by atoms with van der Waals surface area (Å²) in [6, 6.07) is 17.4. The summed E-state index contributed by atoms with van der Waals surface area (Å²) in [5, 5.41) is 10.3. The van der Waals surface area contributed by atoms with Gasteiger partial charge in [0.2, 0.25) is 11.9 Å². The van der Waals surface area contributed by atoms with E-state index in [1.54, 1.807) is 12.4 Å². The first-order chi connectivity index (χ1) is 17.6. The summed E-state index contributed by atoms with van der Waals surface area (Å²) in [4.78, 5) is 25.6. The minimum atomic E-state index is -0.620. The van der Waals surface area contributed by atoms with Gasteiger partial charge in [0.05, 0.1) is 29.7 Å². The highest BCUT2D eigenvalue weighted by Gasteiger charge is 2.35. The van der Waals surface area contributed by atoms with Gasteiger partial charge in [-0.25, -0.2) is 9.97 Å². The molecule has 0 bridgehead atoms. The van der Waals surface area contributed by atoms with E-state index in [1.165, 1.54) is 6.08 Å². The van der Waals surface area contributed by atoms with Crippen molar-refractivity contribution in [2.45, 2.75) is 5.60 Å². The Labute approximate surface area is 208 Å². The van der Waals surface area contributed by atoms with Crippen LogP contribution in [0.4, 0.5) is 17.3 Å². The molecule has 0 saturated carbocycles. The van der Waals surface area contributed by atoms with Crippen molar-refractivity contribution in [3.05, 3.63) is 85.3 Å². The molecule has 0 radical (unpaired) electrons. The fourth-order valence-electron chi connectivity index (χ4n) is 4.23. The van der Waals surface area contributed by atoms with Crippen molar-refractivity contribution >= 4 is 34.1 Å². The summed E-state index contributed by atoms with van der Waals surface area (Å²) in [7, 11) is 0. The van der Waals surface area contributed by atoms with Crippen molar-refractivity contribution in [3.63, 3.8) is 0 Å². The molecule has 4 aromatic rings. The zero-order chi connectivity index (χ0) is 25.0. The quantitative estimate of drug-likeness (QED) is 0.296. The van der Waals surface area contributed by atoms with E-state index >= 15 is 0 Å². The van der Waals surface area contributed by atoms with Gasteiger partial charge in [0, 0.05) is 42.5 Å². The Bertz CT molecular complexity index is 1400. The molecule has 1 unspecified atom stereocenters. The van der Waals surface area contributed by atoms with Crippen molar-refractivity contribution < 1.29 is 9.53 Å². The van der Waals surface area contributed by atoms with Crippen molar-refractivity contribution in [1.29, 1.82) is 0 Å². The van der Waals surface area contributed by atoms with E-state index in [0.717, 1.165) is 40.0 Å². The number of nitrogens with two attached hydrogens (primary N) is 1. The summed E-state index contributed by atoms with van der Waals surface area (Å²) in [5.74, 6) is 0.187. The minimum Gasteiger partial charge on any atom is -0.365 e. The zero-order valence-corrected chi connectivity index (χ0v) is 19.7. The van der Waals surface area contributed by atoms with Gasteiger partial charge >= 0.3 is 0 Å². The van der Waals surface area contributed by atoms with E-state index in [2.05, 4.69) is 32.5 Å². The van der Waals surface area contributed by atoms with Crippen molar-refractivity contribution in [2.75, 3.05) is 36.9 Å². The number of anilines is 3. The number of nitrogens with one attached hydrogen (secondary N) is 3. The van der Waals surface area contributed by atoms with Gasteiger partial charge in [0.25, 0.3) is 0 Å². The SMILES string of the molecule is C=CC(=O)Nc1cccc(-c2cccc3cnc(Nc4ccc(C5(CN)CNCCO5)nc4)nc23)c1. The highest BCUT2D eigenvalue weighted by atomic mass is 16.5. The number of carbonyl (C=O) groups is 1. The van der Waals surface area contributed by atoms with Gasteiger partial charge in [0.15, 0.2) is 0 Å². The minimum absolute atomic E-state index is 0.262. The molecule has 1 aliphatic rings. The molecule has 2 aromatic heterocycles. The number of hydrogen-bond donors (Lipinski definition) is 4. The highest BCUT2D eigenvalue weighted by molar-refractivity contribution is 6.00. The number of amides is 1. The van der Waals surface area contributed by atoms with Crippen LogP contribution in [0, 0.1) is 0 Å². The second-order valence-electron chi connectivity index (χ2n) is 8.49. The number of nitrogens with zero attached hydrogens (tertiary/aromatic N) is 3. The first kappa shape index (κ1) is 23.6. The van der Waals surface area contributed by atoms with Gasteiger partial charge in [0.1, 0.15) is 5.60 Å². The first-order valence-corrected chi connectivity index (χ1v) is 11.7. The van der Waals surface area contributed by atoms with Crippen LogP contribution in [0.25, 0.3) is 22.0 Å². The summed E-state index contributed by atoms with van der Waals surface area (Å²) < 4.78 is 5.98. The van der Waals surface area contributed by atoms with Crippen LogP contribution < -0.4 is 21.7 Å². The Morgan fingerprint density at radius 1 is 1.14 bits per heavy atom. The van der Waals surface area contributed by atoms with E-state index in [1.807, 2.05) is 54.6 Å². The molecule has 1 atom stereocenters. The third-order valence-electron chi connectivity index (χ3n) is 6.12. The van der Waals surface area contributed by atoms with Crippen molar-refractivity contribution in [3.8, 4) is 11.1 Å². The molecule has 36 heavy (non-hydrogen) atoms. The number of fused-ring (bicyclic) bond motifs is 1. The van der Waals surface area contributed by atoms with Crippen LogP contribution in [0.3, 0.4) is 0 Å². The smallest absolute Gasteiger partial charge is 0.247 e. The standard InChI is InChI=1S/C27H27N7O2/c1-2-24(35)32-20-7-3-5-18(13-20)22-8-4-6-19-14-31-26(34-25(19)22)33-21-9-10-23(30-15-21)27(16-28)17-29-11-12-36-27/h2-10,13-15,29H,1,11-12,16-17,28H2,(H,32,35)(H,31,33,34). The van der Waals surface area contributed by atoms with Crippen LogP contribution in [0.15, 0.2) is 79.6 Å². The number of ether oxygens (including phenoxy) is 1. The molecule has 1 fully saturated rings. The summed E-state index contributed by atoms with van der Waals surface area (Å²) in [6.45, 7) is 5.86. The Hall–Kier alpha value is -4.18. The molecule has 9 heteroatoms. The van der Waals surface area contributed by atoms with Crippen LogP contribution in [-0.4, -0.2) is 47.1 Å². The van der Waals surface area contributed by atoms with Crippen LogP contribution in [-0.2, 0) is 15.1 Å². The summed E-state index contributed by atoms with van der Waals surface area (Å²) >= 11 is 0. The normalized spacial score (nSPS) is 17.5. The fraction of sp³-hybridized carbons (Fsp3) is 0.185. The van der Waals surface area contributed by atoms with E-state index in [9.17, 15) is 4.79 Å². The van der Waals surface area contributed by atoms with Gasteiger partial charge in [-0.15, -0.1) is 0 Å². The molecule has 1 aliphatic heterocycles. The maximum Gasteiger partial charge on any atom is 0.247 e. The summed E-state index contributed by atoms with van der Waals surface area (Å²) in [6.07, 6.45) is 4.76. The van der Waals surface area contributed by atoms with Crippen molar-refractivity contribution in [1.82, 2.24) is 20.3 Å². The van der Waals surface area contributed by atoms with Gasteiger partial charge < -0.3 is 26.4 Å². The topological polar surface area (TPSA) is 127 Å². The lowest BCUT2D eigenvalue weighted by atomic mass is 9.97. The number of carbonyl (C=O) groups excluding carboxylic acids is 1. The molecule has 3 heterocycles. The molecule has 2 aromatic carbocycles. The second-order valence-corrected chi connectivity index (χ2v) is 8.49. The third-order valence-corrected chi connectivity index (χ3v) is 6.12. The molecule has 1 saturated heterocycles. The Kier molecular flexibility index (Phi) is 6.68. The second kappa shape index (κ2) is 10.2. The predicted molar refractivity (Wildman–Crippen MR) is 141 cm³/mol. The number of benzene rings is 2.